The molecule has 1 aromatic carbocycles. The zero-order valence-electron chi connectivity index (χ0n) is 13.8. The third-order valence-electron chi connectivity index (χ3n) is 4.90. The molecule has 130 valence electrons. The number of benzene rings is 1. The Hall–Kier alpha value is -2.01. The molecule has 1 aliphatic carbocycles. The highest BCUT2D eigenvalue weighted by atomic mass is 16.7. The predicted molar refractivity (Wildman–Crippen MR) is 90.1 cm³/mol. The van der Waals surface area contributed by atoms with Gasteiger partial charge in [0.2, 0.25) is 6.79 Å². The Morgan fingerprint density at radius 3 is 2.83 bits per heavy atom. The van der Waals surface area contributed by atoms with Gasteiger partial charge in [-0.05, 0) is 43.7 Å². The van der Waals surface area contributed by atoms with E-state index in [0.717, 1.165) is 44.4 Å². The summed E-state index contributed by atoms with van der Waals surface area (Å²) < 4.78 is 10.8. The molecule has 1 aromatic rings. The highest BCUT2D eigenvalue weighted by molar-refractivity contribution is 5.70. The lowest BCUT2D eigenvalue weighted by Gasteiger charge is -2.28. The maximum atomic E-state index is 11.2. The lowest BCUT2D eigenvalue weighted by molar-refractivity contribution is -0.143. The van der Waals surface area contributed by atoms with E-state index in [1.807, 2.05) is 18.2 Å². The average Bonchev–Trinajstić information content (AvgIpc) is 3.14. The number of rotatable bonds is 7. The SMILES string of the molecule is O=C(O)C1CCCC(CNC(Cc2ccccc2)C2=COCO2)C1. The summed E-state index contributed by atoms with van der Waals surface area (Å²) in [6, 6.07) is 10.3. The molecule has 5 heteroatoms. The van der Waals surface area contributed by atoms with Crippen molar-refractivity contribution in [2.75, 3.05) is 13.3 Å². The molecule has 0 amide bonds. The highest BCUT2D eigenvalue weighted by Crippen LogP contribution is 2.29. The number of carboxylic acid groups (broad SMARTS) is 1. The van der Waals surface area contributed by atoms with Crippen molar-refractivity contribution >= 4 is 5.97 Å². The smallest absolute Gasteiger partial charge is 0.306 e. The molecule has 0 aromatic heterocycles. The zero-order valence-corrected chi connectivity index (χ0v) is 13.8. The van der Waals surface area contributed by atoms with Crippen LogP contribution in [0.2, 0.25) is 0 Å². The van der Waals surface area contributed by atoms with E-state index in [9.17, 15) is 9.90 Å². The van der Waals surface area contributed by atoms with Gasteiger partial charge in [-0.25, -0.2) is 0 Å². The fourth-order valence-electron chi connectivity index (χ4n) is 3.57. The van der Waals surface area contributed by atoms with E-state index < -0.39 is 5.97 Å². The van der Waals surface area contributed by atoms with Crippen molar-refractivity contribution in [2.24, 2.45) is 11.8 Å². The molecular formula is C19H25NO4. The lowest BCUT2D eigenvalue weighted by Crippen LogP contribution is -2.38. The summed E-state index contributed by atoms with van der Waals surface area (Å²) in [5.41, 5.74) is 1.23. The summed E-state index contributed by atoms with van der Waals surface area (Å²) in [4.78, 5) is 11.2. The normalized spacial score (nSPS) is 24.6. The van der Waals surface area contributed by atoms with E-state index in [4.69, 9.17) is 9.47 Å². The second-order valence-electron chi connectivity index (χ2n) is 6.67. The summed E-state index contributed by atoms with van der Waals surface area (Å²) >= 11 is 0. The van der Waals surface area contributed by atoms with E-state index in [1.165, 1.54) is 5.56 Å². The Labute approximate surface area is 142 Å². The Morgan fingerprint density at radius 2 is 2.12 bits per heavy atom. The minimum absolute atomic E-state index is 0.0557. The van der Waals surface area contributed by atoms with Gasteiger partial charge in [-0.2, -0.15) is 0 Å². The first-order valence-corrected chi connectivity index (χ1v) is 8.67. The Morgan fingerprint density at radius 1 is 1.29 bits per heavy atom. The lowest BCUT2D eigenvalue weighted by atomic mass is 9.81. The van der Waals surface area contributed by atoms with E-state index in [2.05, 4.69) is 17.4 Å². The van der Waals surface area contributed by atoms with Gasteiger partial charge in [0.25, 0.3) is 0 Å². The van der Waals surface area contributed by atoms with Crippen LogP contribution < -0.4 is 5.32 Å². The molecule has 3 unspecified atom stereocenters. The molecule has 3 rings (SSSR count). The molecule has 2 aliphatic rings. The van der Waals surface area contributed by atoms with Crippen LogP contribution in [0.4, 0.5) is 0 Å². The summed E-state index contributed by atoms with van der Waals surface area (Å²) in [5, 5.41) is 12.8. The van der Waals surface area contributed by atoms with Crippen LogP contribution in [0.1, 0.15) is 31.2 Å². The molecule has 3 atom stereocenters. The largest absolute Gasteiger partial charge is 0.481 e. The van der Waals surface area contributed by atoms with Crippen LogP contribution in [0, 0.1) is 11.8 Å². The minimum atomic E-state index is -0.657. The van der Waals surface area contributed by atoms with Gasteiger partial charge >= 0.3 is 5.97 Å². The molecule has 1 aliphatic heterocycles. The minimum Gasteiger partial charge on any atom is -0.481 e. The van der Waals surface area contributed by atoms with Crippen LogP contribution in [0.3, 0.4) is 0 Å². The molecule has 2 N–H and O–H groups in total. The summed E-state index contributed by atoms with van der Waals surface area (Å²) in [6.45, 7) is 1.08. The number of carboxylic acids is 1. The van der Waals surface area contributed by atoms with Crippen LogP contribution >= 0.6 is 0 Å². The van der Waals surface area contributed by atoms with Crippen LogP contribution in [0.5, 0.6) is 0 Å². The Kier molecular flexibility index (Phi) is 5.75. The summed E-state index contributed by atoms with van der Waals surface area (Å²) in [7, 11) is 0. The topological polar surface area (TPSA) is 67.8 Å². The van der Waals surface area contributed by atoms with Crippen molar-refractivity contribution in [3.63, 3.8) is 0 Å². The first-order valence-electron chi connectivity index (χ1n) is 8.67. The third-order valence-corrected chi connectivity index (χ3v) is 4.90. The summed E-state index contributed by atoms with van der Waals surface area (Å²) in [6.07, 6.45) is 6.16. The predicted octanol–water partition coefficient (Wildman–Crippen LogP) is 2.92. The molecule has 1 saturated carbocycles. The summed E-state index contributed by atoms with van der Waals surface area (Å²) in [5.74, 6) is 0.379. The fourth-order valence-corrected chi connectivity index (χ4v) is 3.57. The first kappa shape index (κ1) is 16.8. The van der Waals surface area contributed by atoms with Gasteiger partial charge in [-0.1, -0.05) is 36.8 Å². The molecule has 0 spiro atoms. The molecular weight excluding hydrogens is 306 g/mol. The number of nitrogens with one attached hydrogen (secondary N) is 1. The molecule has 1 fully saturated rings. The fraction of sp³-hybridized carbons (Fsp3) is 0.526. The molecule has 1 heterocycles. The van der Waals surface area contributed by atoms with Gasteiger partial charge in [0.15, 0.2) is 5.76 Å². The van der Waals surface area contributed by atoms with E-state index in [0.29, 0.717) is 5.92 Å². The van der Waals surface area contributed by atoms with Crippen molar-refractivity contribution in [3.8, 4) is 0 Å². The quantitative estimate of drug-likeness (QED) is 0.804. The maximum Gasteiger partial charge on any atom is 0.306 e. The maximum absolute atomic E-state index is 11.2. The number of carbonyl (C=O) groups is 1. The van der Waals surface area contributed by atoms with Crippen LogP contribution in [0.25, 0.3) is 0 Å². The van der Waals surface area contributed by atoms with Gasteiger partial charge in [-0.15, -0.1) is 0 Å². The molecule has 0 radical (unpaired) electrons. The van der Waals surface area contributed by atoms with Gasteiger partial charge in [0.05, 0.1) is 12.0 Å². The highest BCUT2D eigenvalue weighted by Gasteiger charge is 2.28. The van der Waals surface area contributed by atoms with Gasteiger partial charge in [0, 0.05) is 0 Å². The molecule has 0 saturated heterocycles. The second kappa shape index (κ2) is 8.20. The van der Waals surface area contributed by atoms with E-state index in [-0.39, 0.29) is 18.8 Å². The van der Waals surface area contributed by atoms with Crippen LogP contribution in [-0.2, 0) is 20.7 Å². The van der Waals surface area contributed by atoms with Gasteiger partial charge in [-0.3, -0.25) is 4.79 Å². The van der Waals surface area contributed by atoms with Gasteiger partial charge < -0.3 is 19.9 Å². The van der Waals surface area contributed by atoms with Crippen molar-refractivity contribution < 1.29 is 19.4 Å². The van der Waals surface area contributed by atoms with Crippen molar-refractivity contribution in [3.05, 3.63) is 47.9 Å². The van der Waals surface area contributed by atoms with Crippen LogP contribution in [0.15, 0.2) is 42.4 Å². The van der Waals surface area contributed by atoms with E-state index in [1.54, 1.807) is 6.26 Å². The molecule has 5 nitrogen and oxygen atoms in total. The monoisotopic (exact) mass is 331 g/mol. The third kappa shape index (κ3) is 4.51. The molecule has 0 bridgehead atoms. The molecule has 24 heavy (non-hydrogen) atoms. The van der Waals surface area contributed by atoms with Crippen molar-refractivity contribution in [1.82, 2.24) is 5.32 Å². The number of aliphatic carboxylic acids is 1. The van der Waals surface area contributed by atoms with Gasteiger partial charge in [0.1, 0.15) is 6.26 Å². The van der Waals surface area contributed by atoms with Crippen molar-refractivity contribution in [2.45, 2.75) is 38.1 Å². The number of hydrogen-bond donors (Lipinski definition) is 2. The average molecular weight is 331 g/mol. The Bertz CT molecular complexity index is 572. The standard InChI is InChI=1S/C19H25NO4/c21-19(22)16-8-4-7-15(9-16)11-20-17(18-12-23-13-24-18)10-14-5-2-1-3-6-14/h1-3,5-6,12,15-17,20H,4,7-11,13H2,(H,21,22). The number of ether oxygens (including phenoxy) is 2. The number of hydrogen-bond acceptors (Lipinski definition) is 4. The zero-order chi connectivity index (χ0) is 16.8. The van der Waals surface area contributed by atoms with E-state index >= 15 is 0 Å². The van der Waals surface area contributed by atoms with Crippen LogP contribution in [-0.4, -0.2) is 30.5 Å². The Balaban J connectivity index is 1.58. The van der Waals surface area contributed by atoms with Crippen molar-refractivity contribution in [1.29, 1.82) is 0 Å². The second-order valence-corrected chi connectivity index (χ2v) is 6.67. The first-order chi connectivity index (χ1) is 11.7.